The molecule has 4 nitrogen and oxygen atoms in total. The second-order valence-corrected chi connectivity index (χ2v) is 10.3. The largest absolute Gasteiger partial charge is 0.440 e. The number of para-hydroxylation sites is 4. The highest BCUT2D eigenvalue weighted by molar-refractivity contribution is 7.02. The number of hydrogen-bond donors (Lipinski definition) is 0. The summed E-state index contributed by atoms with van der Waals surface area (Å²) in [5.41, 5.74) is 8.23. The number of aryl methyl sites for hydroxylation is 1. The van der Waals surface area contributed by atoms with Gasteiger partial charge in [0.1, 0.15) is 11.2 Å². The van der Waals surface area contributed by atoms with Crippen LogP contribution in [0.25, 0.3) is 21.9 Å². The second kappa shape index (κ2) is 7.93. The highest BCUT2D eigenvalue weighted by Gasteiger charge is 2.48. The first-order chi connectivity index (χ1) is 21.0. The minimum atomic E-state index is -2.34. The number of fused-ring (bicyclic) bond motifs is 8. The Bertz CT molecular complexity index is 2060. The van der Waals surface area contributed by atoms with Crippen LogP contribution in [0.3, 0.4) is 0 Å². The van der Waals surface area contributed by atoms with Crippen molar-refractivity contribution in [3.05, 3.63) is 127 Å². The number of anilines is 6. The van der Waals surface area contributed by atoms with Crippen LogP contribution in [0.2, 0.25) is 0 Å². The molecule has 188 valence electrons. The van der Waals surface area contributed by atoms with Crippen molar-refractivity contribution in [2.45, 2.75) is 6.85 Å². The van der Waals surface area contributed by atoms with Crippen molar-refractivity contribution in [3.8, 4) is 0 Å². The molecule has 2 aliphatic rings. The third-order valence-corrected chi connectivity index (χ3v) is 8.15. The molecule has 9 rings (SSSR count). The summed E-state index contributed by atoms with van der Waals surface area (Å²) in [6.45, 7) is -2.60. The van der Waals surface area contributed by atoms with Crippen LogP contribution in [0.5, 0.6) is 0 Å². The van der Waals surface area contributed by atoms with Gasteiger partial charge in [0, 0.05) is 48.6 Å². The van der Waals surface area contributed by atoms with Crippen molar-refractivity contribution in [1.82, 2.24) is 0 Å². The molecule has 0 saturated carbocycles. The Balaban J connectivity index is 1.49. The van der Waals surface area contributed by atoms with Gasteiger partial charge in [0.05, 0.1) is 0 Å². The molecule has 5 aromatic carbocycles. The fourth-order valence-electron chi connectivity index (χ4n) is 6.60. The molecule has 7 aromatic rings. The Labute approximate surface area is 236 Å². The van der Waals surface area contributed by atoms with Gasteiger partial charge in [-0.3, -0.25) is 9.80 Å². The van der Waals surface area contributed by atoms with E-state index in [0.717, 1.165) is 61.1 Å². The van der Waals surface area contributed by atoms with Crippen LogP contribution in [0, 0.1) is 6.85 Å². The summed E-state index contributed by atoms with van der Waals surface area (Å²) in [5, 5.41) is 2.04. The molecule has 40 heavy (non-hydrogen) atoms. The summed E-state index contributed by atoms with van der Waals surface area (Å²) in [5.74, 6) is 1.37. The minimum absolute atomic E-state index is 0.251. The summed E-state index contributed by atoms with van der Waals surface area (Å²) >= 11 is 0. The maximum atomic E-state index is 8.49. The van der Waals surface area contributed by atoms with Crippen LogP contribution in [-0.2, 0) is 0 Å². The zero-order valence-corrected chi connectivity index (χ0v) is 21.3. The zero-order chi connectivity index (χ0) is 28.9. The Morgan fingerprint density at radius 3 is 1.48 bits per heavy atom. The van der Waals surface area contributed by atoms with Gasteiger partial charge in [-0.1, -0.05) is 72.8 Å². The van der Waals surface area contributed by atoms with Crippen LogP contribution in [-0.4, -0.2) is 6.71 Å². The quantitative estimate of drug-likeness (QED) is 0.222. The molecule has 5 heteroatoms. The standard InChI is InChI=1S/C35H23BN2O2/c1-22-20-27-33-28(21-22)38(24-14-6-3-7-15-24)35-32(26-17-9-11-19-30(26)40-35)36(33)31-25-16-8-10-18-29(25)39-34(31)37(27)23-12-4-2-5-13-23/h2-21H,1H3/i1D3. The van der Waals surface area contributed by atoms with E-state index in [4.69, 9.17) is 12.9 Å². The van der Waals surface area contributed by atoms with Crippen LogP contribution in [0.15, 0.2) is 130 Å². The Kier molecular flexibility index (Phi) is 3.77. The molecule has 0 aliphatic carbocycles. The SMILES string of the molecule is [2H]C([2H])([2H])c1cc2c3c(c1)N(c1ccccc1)c1oc4ccccc4c1B3c1c(oc3ccccc13)N2c1ccccc1. The van der Waals surface area contributed by atoms with E-state index in [1.807, 2.05) is 109 Å². The molecule has 0 fully saturated rings. The van der Waals surface area contributed by atoms with E-state index in [9.17, 15) is 0 Å². The van der Waals surface area contributed by atoms with E-state index in [2.05, 4.69) is 21.9 Å². The average Bonchev–Trinajstić information content (AvgIpc) is 3.60. The number of furan rings is 2. The fourth-order valence-corrected chi connectivity index (χ4v) is 6.60. The van der Waals surface area contributed by atoms with Crippen LogP contribution >= 0.6 is 0 Å². The zero-order valence-electron chi connectivity index (χ0n) is 24.3. The van der Waals surface area contributed by atoms with E-state index in [-0.39, 0.29) is 12.3 Å². The van der Waals surface area contributed by atoms with Gasteiger partial charge in [-0.25, -0.2) is 0 Å². The predicted molar refractivity (Wildman–Crippen MR) is 165 cm³/mol. The van der Waals surface area contributed by atoms with E-state index >= 15 is 0 Å². The van der Waals surface area contributed by atoms with E-state index in [1.54, 1.807) is 0 Å². The maximum absolute atomic E-state index is 8.49. The minimum Gasteiger partial charge on any atom is -0.440 e. The van der Waals surface area contributed by atoms with Gasteiger partial charge < -0.3 is 8.83 Å². The molecule has 2 aromatic heterocycles. The van der Waals surface area contributed by atoms with Gasteiger partial charge in [-0.15, -0.1) is 0 Å². The lowest BCUT2D eigenvalue weighted by Gasteiger charge is -2.40. The van der Waals surface area contributed by atoms with Crippen molar-refractivity contribution in [2.75, 3.05) is 9.80 Å². The van der Waals surface area contributed by atoms with Gasteiger partial charge in [-0.2, -0.15) is 0 Å². The molecule has 0 radical (unpaired) electrons. The first-order valence-electron chi connectivity index (χ1n) is 14.9. The van der Waals surface area contributed by atoms with E-state index in [0.29, 0.717) is 11.8 Å². The number of rotatable bonds is 2. The summed E-state index contributed by atoms with van der Waals surface area (Å²) < 4.78 is 38.8. The van der Waals surface area contributed by atoms with Crippen LogP contribution in [0.4, 0.5) is 34.5 Å². The summed E-state index contributed by atoms with van der Waals surface area (Å²) in [6, 6.07) is 39.9. The van der Waals surface area contributed by atoms with Crippen molar-refractivity contribution in [1.29, 1.82) is 0 Å². The normalized spacial score (nSPS) is 14.9. The number of nitrogens with zero attached hydrogens (tertiary/aromatic N) is 2. The van der Waals surface area contributed by atoms with E-state index in [1.165, 1.54) is 0 Å². The molecule has 0 spiro atoms. The van der Waals surface area contributed by atoms with Crippen molar-refractivity contribution >= 4 is 79.6 Å². The smallest absolute Gasteiger partial charge is 0.262 e. The lowest BCUT2D eigenvalue weighted by Crippen LogP contribution is -2.60. The molecule has 0 N–H and O–H groups in total. The van der Waals surface area contributed by atoms with Crippen LogP contribution < -0.4 is 26.2 Å². The third-order valence-electron chi connectivity index (χ3n) is 8.15. The lowest BCUT2D eigenvalue weighted by atomic mass is 9.33. The van der Waals surface area contributed by atoms with Crippen molar-refractivity contribution in [3.63, 3.8) is 0 Å². The Hall–Kier alpha value is -5.16. The molecule has 2 aliphatic heterocycles. The molecular formula is C35H23BN2O2. The molecule has 0 bridgehead atoms. The van der Waals surface area contributed by atoms with Gasteiger partial charge in [0.15, 0.2) is 0 Å². The number of benzene rings is 5. The molecule has 0 amide bonds. The van der Waals surface area contributed by atoms with Gasteiger partial charge in [-0.05, 0) is 66.4 Å². The van der Waals surface area contributed by atoms with Crippen molar-refractivity contribution in [2.24, 2.45) is 0 Å². The predicted octanol–water partition coefficient (Wildman–Crippen LogP) is 7.57. The molecular weight excluding hydrogens is 491 g/mol. The molecule has 4 heterocycles. The molecule has 0 unspecified atom stereocenters. The van der Waals surface area contributed by atoms with Crippen molar-refractivity contribution < 1.29 is 12.9 Å². The van der Waals surface area contributed by atoms with Gasteiger partial charge in [0.25, 0.3) is 6.71 Å². The lowest BCUT2D eigenvalue weighted by molar-refractivity contribution is 0.621. The highest BCUT2D eigenvalue weighted by atomic mass is 16.4. The molecule has 0 saturated heterocycles. The van der Waals surface area contributed by atoms with E-state index < -0.39 is 6.85 Å². The number of hydrogen-bond acceptors (Lipinski definition) is 4. The topological polar surface area (TPSA) is 32.8 Å². The third kappa shape index (κ3) is 2.81. The summed E-state index contributed by atoms with van der Waals surface area (Å²) in [4.78, 5) is 4.16. The monoisotopic (exact) mass is 517 g/mol. The fraction of sp³-hybridized carbons (Fsp3) is 0.0286. The second-order valence-electron chi connectivity index (χ2n) is 10.3. The first-order valence-corrected chi connectivity index (χ1v) is 13.4. The van der Waals surface area contributed by atoms with Gasteiger partial charge in [0.2, 0.25) is 11.8 Å². The highest BCUT2D eigenvalue weighted by Crippen LogP contribution is 2.47. The maximum Gasteiger partial charge on any atom is 0.262 e. The molecule has 0 atom stereocenters. The average molecular weight is 517 g/mol. The first kappa shape index (κ1) is 19.0. The Morgan fingerprint density at radius 1 is 0.550 bits per heavy atom. The summed E-state index contributed by atoms with van der Waals surface area (Å²) in [7, 11) is 0. The van der Waals surface area contributed by atoms with Crippen LogP contribution in [0.1, 0.15) is 9.68 Å². The Morgan fingerprint density at radius 2 is 1.00 bits per heavy atom. The van der Waals surface area contributed by atoms with Gasteiger partial charge >= 0.3 is 0 Å². The summed E-state index contributed by atoms with van der Waals surface area (Å²) in [6.07, 6.45) is 0.